The molecule has 1 aromatic heterocycles. The molecule has 21 heavy (non-hydrogen) atoms. The van der Waals surface area contributed by atoms with Crippen LogP contribution in [0.15, 0.2) is 23.0 Å². The Balaban J connectivity index is 2.07. The van der Waals surface area contributed by atoms with Crippen molar-refractivity contribution in [2.24, 2.45) is 0 Å². The lowest BCUT2D eigenvalue weighted by Crippen LogP contribution is -2.12. The van der Waals surface area contributed by atoms with Gasteiger partial charge in [-0.1, -0.05) is 5.16 Å². The lowest BCUT2D eigenvalue weighted by molar-refractivity contribution is 0.0527. The number of hydrogen-bond acceptors (Lipinski definition) is 7. The monoisotopic (exact) mass is 294 g/mol. The fourth-order valence-corrected chi connectivity index (χ4v) is 1.72. The molecular weight excluding hydrogens is 279 g/mol. The highest BCUT2D eigenvalue weighted by molar-refractivity contribution is 5.96. The third-order valence-electron chi connectivity index (χ3n) is 2.70. The number of carbonyl (C=O) groups is 1. The molecule has 0 aliphatic heterocycles. The van der Waals surface area contributed by atoms with Crippen molar-refractivity contribution in [1.29, 1.82) is 0 Å². The standard InChI is InChI=1S/C13H15FN4O3/c1-2-20-13(19)8-5-11(9(14)6-10(8)15)16-4-3-12-17-7-18-21-12/h5-7,16H,2-4,15H2,1H3. The van der Waals surface area contributed by atoms with Gasteiger partial charge in [-0.3, -0.25) is 0 Å². The Kier molecular flexibility index (Phi) is 4.70. The molecule has 0 unspecified atom stereocenters. The number of nitrogen functional groups attached to an aromatic ring is 1. The number of aromatic nitrogens is 2. The molecule has 0 saturated carbocycles. The Hall–Kier alpha value is -2.64. The summed E-state index contributed by atoms with van der Waals surface area (Å²) < 4.78 is 23.5. The Morgan fingerprint density at radius 1 is 1.52 bits per heavy atom. The smallest absolute Gasteiger partial charge is 0.340 e. The predicted octanol–water partition coefficient (Wildman–Crippen LogP) is 1.62. The van der Waals surface area contributed by atoms with Crippen LogP contribution in [0.25, 0.3) is 0 Å². The second-order valence-electron chi connectivity index (χ2n) is 4.15. The maximum atomic E-state index is 13.8. The molecule has 1 aromatic carbocycles. The normalized spacial score (nSPS) is 10.4. The highest BCUT2D eigenvalue weighted by Gasteiger charge is 2.15. The van der Waals surface area contributed by atoms with E-state index in [1.54, 1.807) is 6.92 Å². The maximum Gasteiger partial charge on any atom is 0.340 e. The summed E-state index contributed by atoms with van der Waals surface area (Å²) >= 11 is 0. The number of carbonyl (C=O) groups excluding carboxylic acids is 1. The summed E-state index contributed by atoms with van der Waals surface area (Å²) in [6.45, 7) is 2.27. The third-order valence-corrected chi connectivity index (χ3v) is 2.70. The summed E-state index contributed by atoms with van der Waals surface area (Å²) in [4.78, 5) is 15.6. The summed E-state index contributed by atoms with van der Waals surface area (Å²) in [5.41, 5.74) is 5.94. The third kappa shape index (κ3) is 3.68. The van der Waals surface area contributed by atoms with Gasteiger partial charge in [0.2, 0.25) is 5.89 Å². The van der Waals surface area contributed by atoms with Gasteiger partial charge in [0.05, 0.1) is 17.9 Å². The fraction of sp³-hybridized carbons (Fsp3) is 0.308. The van der Waals surface area contributed by atoms with Crippen molar-refractivity contribution in [3.05, 3.63) is 35.7 Å². The van der Waals surface area contributed by atoms with Gasteiger partial charge < -0.3 is 20.3 Å². The Bertz CT molecular complexity index is 616. The van der Waals surface area contributed by atoms with Crippen LogP contribution in [0.5, 0.6) is 0 Å². The van der Waals surface area contributed by atoms with Crippen LogP contribution < -0.4 is 11.1 Å². The first-order valence-corrected chi connectivity index (χ1v) is 6.37. The average Bonchev–Trinajstić information content (AvgIpc) is 2.94. The minimum atomic E-state index is -0.588. The van der Waals surface area contributed by atoms with E-state index < -0.39 is 11.8 Å². The average molecular weight is 294 g/mol. The van der Waals surface area contributed by atoms with Gasteiger partial charge in [0.25, 0.3) is 0 Å². The lowest BCUT2D eigenvalue weighted by atomic mass is 10.1. The first-order chi connectivity index (χ1) is 10.1. The molecule has 2 aromatic rings. The predicted molar refractivity (Wildman–Crippen MR) is 73.3 cm³/mol. The number of nitrogens with zero attached hydrogens (tertiary/aromatic N) is 2. The van der Waals surface area contributed by atoms with E-state index in [-0.39, 0.29) is 23.5 Å². The summed E-state index contributed by atoms with van der Waals surface area (Å²) in [7, 11) is 0. The summed E-state index contributed by atoms with van der Waals surface area (Å²) in [6, 6.07) is 2.41. The van der Waals surface area contributed by atoms with E-state index in [9.17, 15) is 9.18 Å². The van der Waals surface area contributed by atoms with Crippen molar-refractivity contribution in [3.8, 4) is 0 Å². The van der Waals surface area contributed by atoms with E-state index in [1.807, 2.05) is 0 Å². The summed E-state index contributed by atoms with van der Waals surface area (Å²) in [5.74, 6) is -0.704. The van der Waals surface area contributed by atoms with E-state index in [4.69, 9.17) is 15.0 Å². The molecule has 0 amide bonds. The molecule has 7 nitrogen and oxygen atoms in total. The van der Waals surface area contributed by atoms with Gasteiger partial charge in [-0.2, -0.15) is 4.98 Å². The molecule has 1 heterocycles. The Labute approximate surface area is 120 Å². The minimum absolute atomic E-state index is 0.0356. The minimum Gasteiger partial charge on any atom is -0.462 e. The van der Waals surface area contributed by atoms with Crippen LogP contribution in [0.4, 0.5) is 15.8 Å². The number of ether oxygens (including phenoxy) is 1. The van der Waals surface area contributed by atoms with Crippen molar-refractivity contribution in [2.45, 2.75) is 13.3 Å². The molecule has 8 heteroatoms. The largest absolute Gasteiger partial charge is 0.462 e. The van der Waals surface area contributed by atoms with E-state index in [2.05, 4.69) is 15.5 Å². The van der Waals surface area contributed by atoms with Gasteiger partial charge in [-0.05, 0) is 19.1 Å². The number of benzene rings is 1. The molecule has 0 aliphatic carbocycles. The summed E-state index contributed by atoms with van der Waals surface area (Å²) in [5, 5.41) is 6.32. The van der Waals surface area contributed by atoms with Gasteiger partial charge in [0.15, 0.2) is 6.33 Å². The number of hydrogen-bond donors (Lipinski definition) is 2. The first-order valence-electron chi connectivity index (χ1n) is 6.37. The van der Waals surface area contributed by atoms with Crippen LogP contribution in [0.1, 0.15) is 23.2 Å². The van der Waals surface area contributed by atoms with Crippen LogP contribution in [0.2, 0.25) is 0 Å². The van der Waals surface area contributed by atoms with Crippen LogP contribution >= 0.6 is 0 Å². The van der Waals surface area contributed by atoms with Crippen LogP contribution in [-0.2, 0) is 11.2 Å². The van der Waals surface area contributed by atoms with Gasteiger partial charge in [0.1, 0.15) is 5.82 Å². The van der Waals surface area contributed by atoms with Crippen molar-refractivity contribution in [2.75, 3.05) is 24.2 Å². The first kappa shape index (κ1) is 14.8. The quantitative estimate of drug-likeness (QED) is 0.616. The van der Waals surface area contributed by atoms with Crippen molar-refractivity contribution < 1.29 is 18.4 Å². The molecule has 0 radical (unpaired) electrons. The molecule has 112 valence electrons. The number of anilines is 2. The second kappa shape index (κ2) is 6.69. The molecule has 0 bridgehead atoms. The molecule has 0 aliphatic rings. The van der Waals surface area contributed by atoms with E-state index in [0.717, 1.165) is 6.07 Å². The zero-order valence-corrected chi connectivity index (χ0v) is 11.4. The van der Waals surface area contributed by atoms with E-state index in [1.165, 1.54) is 12.4 Å². The van der Waals surface area contributed by atoms with Crippen molar-refractivity contribution in [3.63, 3.8) is 0 Å². The van der Waals surface area contributed by atoms with E-state index >= 15 is 0 Å². The van der Waals surface area contributed by atoms with Gasteiger partial charge >= 0.3 is 5.97 Å². The number of nitrogens with one attached hydrogen (secondary N) is 1. The van der Waals surface area contributed by atoms with Crippen LogP contribution in [0, 0.1) is 5.82 Å². The van der Waals surface area contributed by atoms with Gasteiger partial charge in [0, 0.05) is 18.7 Å². The zero-order valence-electron chi connectivity index (χ0n) is 11.4. The molecular formula is C13H15FN4O3. The zero-order chi connectivity index (χ0) is 15.2. The molecule has 2 rings (SSSR count). The molecule has 0 atom stereocenters. The number of nitrogens with two attached hydrogens (primary N) is 1. The topological polar surface area (TPSA) is 103 Å². The lowest BCUT2D eigenvalue weighted by Gasteiger charge is -2.11. The molecule has 0 spiro atoms. The van der Waals surface area contributed by atoms with Crippen LogP contribution in [-0.4, -0.2) is 29.3 Å². The van der Waals surface area contributed by atoms with Crippen LogP contribution in [0.3, 0.4) is 0 Å². The van der Waals surface area contributed by atoms with Crippen molar-refractivity contribution in [1.82, 2.24) is 10.1 Å². The van der Waals surface area contributed by atoms with Gasteiger partial charge in [-0.15, -0.1) is 0 Å². The van der Waals surface area contributed by atoms with E-state index in [0.29, 0.717) is 18.9 Å². The molecule has 0 fully saturated rings. The molecule has 3 N–H and O–H groups in total. The molecule has 0 saturated heterocycles. The SMILES string of the molecule is CCOC(=O)c1cc(NCCc2ncno2)c(F)cc1N. The highest BCUT2D eigenvalue weighted by atomic mass is 19.1. The second-order valence-corrected chi connectivity index (χ2v) is 4.15. The fourth-order valence-electron chi connectivity index (χ4n) is 1.72. The van der Waals surface area contributed by atoms with Crippen molar-refractivity contribution >= 4 is 17.3 Å². The summed E-state index contributed by atoms with van der Waals surface area (Å²) in [6.07, 6.45) is 1.72. The highest BCUT2D eigenvalue weighted by Crippen LogP contribution is 2.23. The number of esters is 1. The Morgan fingerprint density at radius 2 is 2.33 bits per heavy atom. The Morgan fingerprint density at radius 3 is 3.00 bits per heavy atom. The number of halogens is 1. The maximum absolute atomic E-state index is 13.8. The van der Waals surface area contributed by atoms with Gasteiger partial charge in [-0.25, -0.2) is 9.18 Å². The number of rotatable bonds is 6.